The van der Waals surface area contributed by atoms with Crippen LogP contribution < -0.4 is 9.64 Å². The Bertz CT molecular complexity index is 1590. The van der Waals surface area contributed by atoms with E-state index >= 15 is 0 Å². The van der Waals surface area contributed by atoms with Crippen LogP contribution in [0.4, 0.5) is 10.1 Å². The quantitative estimate of drug-likeness (QED) is 0.420. The average Bonchev–Trinajstić information content (AvgIpc) is 3.29. The third kappa shape index (κ3) is 3.85. The average molecular weight is 579 g/mol. The summed E-state index contributed by atoms with van der Waals surface area (Å²) in [5, 5.41) is 9.81. The van der Waals surface area contributed by atoms with Crippen molar-refractivity contribution in [2.45, 2.75) is 19.8 Å². The Kier molecular flexibility index (Phi) is 6.33. The molecule has 2 heterocycles. The molecule has 1 N–H and O–H groups in total. The smallest absolute Gasteiger partial charge is 0.241 e. The molecular weight excluding hydrogens is 551 g/mol. The molecule has 2 saturated heterocycles. The number of phenols is 1. The maximum Gasteiger partial charge on any atom is 0.241 e. The number of allylic oxidation sites excluding steroid dienone is 3. The fourth-order valence-corrected chi connectivity index (χ4v) is 7.43. The molecule has 41 heavy (non-hydrogen) atoms. The van der Waals surface area contributed by atoms with Crippen LogP contribution in [0.1, 0.15) is 25.3 Å². The summed E-state index contributed by atoms with van der Waals surface area (Å²) in [6.45, 7) is 1.76. The number of hydrogen-bond donors (Lipinski definition) is 1. The van der Waals surface area contributed by atoms with E-state index in [-0.39, 0.29) is 40.4 Å². The van der Waals surface area contributed by atoms with E-state index in [4.69, 9.17) is 16.3 Å². The Balaban J connectivity index is 1.48. The van der Waals surface area contributed by atoms with Crippen LogP contribution in [0.25, 0.3) is 6.08 Å². The fraction of sp³-hybridized carbons (Fsp3) is 0.355. The second-order valence-corrected chi connectivity index (χ2v) is 11.7. The molecule has 1 saturated carbocycles. The molecule has 0 bridgehead atoms. The van der Waals surface area contributed by atoms with Gasteiger partial charge in [-0.2, -0.15) is 0 Å². The number of carbonyl (C=O) groups excluding carboxylic acids is 4. The lowest BCUT2D eigenvalue weighted by atomic mass is 9.52. The van der Waals surface area contributed by atoms with E-state index in [2.05, 4.69) is 0 Å². The van der Waals surface area contributed by atoms with Crippen molar-refractivity contribution >= 4 is 47.0 Å². The number of benzene rings is 2. The van der Waals surface area contributed by atoms with Gasteiger partial charge in [-0.05, 0) is 61.6 Å². The number of rotatable bonds is 4. The highest BCUT2D eigenvalue weighted by molar-refractivity contribution is 6.31. The Hall–Kier alpha value is -3.98. The summed E-state index contributed by atoms with van der Waals surface area (Å²) < 4.78 is 19.2. The van der Waals surface area contributed by atoms with Crippen LogP contribution in [0.15, 0.2) is 54.1 Å². The van der Waals surface area contributed by atoms with Crippen molar-refractivity contribution in [1.82, 2.24) is 4.90 Å². The molecule has 2 aromatic carbocycles. The summed E-state index contributed by atoms with van der Waals surface area (Å²) in [4.78, 5) is 56.6. The molecule has 6 atom stereocenters. The van der Waals surface area contributed by atoms with Gasteiger partial charge in [0.2, 0.25) is 23.6 Å². The predicted molar refractivity (Wildman–Crippen MR) is 148 cm³/mol. The number of amides is 4. The van der Waals surface area contributed by atoms with E-state index in [1.54, 1.807) is 25.1 Å². The molecule has 0 aromatic heterocycles. The van der Waals surface area contributed by atoms with E-state index in [0.29, 0.717) is 12.0 Å². The number of aromatic hydroxyl groups is 1. The normalized spacial score (nSPS) is 31.0. The topological polar surface area (TPSA) is 104 Å². The molecule has 212 valence electrons. The molecule has 8 nitrogen and oxygen atoms in total. The molecule has 2 aromatic rings. The summed E-state index contributed by atoms with van der Waals surface area (Å²) in [6.07, 6.45) is 6.20. The second-order valence-electron chi connectivity index (χ2n) is 11.3. The lowest BCUT2D eigenvalue weighted by Crippen LogP contribution is -2.49. The van der Waals surface area contributed by atoms with Gasteiger partial charge in [-0.1, -0.05) is 41.5 Å². The molecule has 6 rings (SSSR count). The van der Waals surface area contributed by atoms with Gasteiger partial charge >= 0.3 is 0 Å². The largest absolute Gasteiger partial charge is 0.504 e. The van der Waals surface area contributed by atoms with E-state index < -0.39 is 52.6 Å². The fourth-order valence-electron chi connectivity index (χ4n) is 7.25. The maximum atomic E-state index is 14.2. The minimum atomic E-state index is -1.22. The number of methoxy groups -OCH3 is 1. The first-order valence-electron chi connectivity index (χ1n) is 13.4. The Morgan fingerprint density at radius 2 is 1.83 bits per heavy atom. The zero-order valence-electron chi connectivity index (χ0n) is 22.6. The molecule has 2 aliphatic heterocycles. The monoisotopic (exact) mass is 578 g/mol. The number of phenolic OH excluding ortho intramolecular Hbond substituents is 1. The first-order chi connectivity index (χ1) is 19.5. The van der Waals surface area contributed by atoms with Crippen LogP contribution in [0.2, 0.25) is 5.02 Å². The number of nitrogens with zero attached hydrogens (tertiary/aromatic N) is 2. The molecule has 2 aliphatic carbocycles. The van der Waals surface area contributed by atoms with Crippen molar-refractivity contribution < 1.29 is 33.4 Å². The van der Waals surface area contributed by atoms with Crippen molar-refractivity contribution in [1.29, 1.82) is 0 Å². The van der Waals surface area contributed by atoms with Crippen LogP contribution in [-0.2, 0) is 19.2 Å². The van der Waals surface area contributed by atoms with Crippen LogP contribution >= 0.6 is 11.6 Å². The number of halogens is 2. The standard InChI is InChI=1S/C31H28ClFN2O6/c1-31-20(9-4-15-5-11-24(36)25(12-15)41-3)17-7-8-18-26(29(39)34(2)27(18)37)19(17)14-21(31)28(38)35(30(31)40)16-6-10-23(33)22(32)13-16/h4-7,9-13,18-21,26,36H,8,14H2,1-3H3/t18-,19+,20-,21-,26-,31-/m0/s1. The number of likely N-dealkylation sites (tertiary alicyclic amines) is 1. The first kappa shape index (κ1) is 27.2. The van der Waals surface area contributed by atoms with Crippen LogP contribution in [0, 0.1) is 40.8 Å². The highest BCUT2D eigenvalue weighted by atomic mass is 35.5. The van der Waals surface area contributed by atoms with Crippen molar-refractivity contribution in [2.24, 2.45) is 35.0 Å². The number of fused-ring (bicyclic) bond motifs is 4. The van der Waals surface area contributed by atoms with Gasteiger partial charge in [0.25, 0.3) is 0 Å². The van der Waals surface area contributed by atoms with Crippen molar-refractivity contribution in [3.05, 3.63) is 70.5 Å². The zero-order chi connectivity index (χ0) is 29.4. The van der Waals surface area contributed by atoms with Crippen LogP contribution in [0.5, 0.6) is 11.5 Å². The number of carbonyl (C=O) groups is 4. The Morgan fingerprint density at radius 3 is 2.54 bits per heavy atom. The van der Waals surface area contributed by atoms with Gasteiger partial charge in [0.1, 0.15) is 5.82 Å². The van der Waals surface area contributed by atoms with Gasteiger partial charge in [-0.25, -0.2) is 9.29 Å². The molecule has 0 radical (unpaired) electrons. The van der Waals surface area contributed by atoms with E-state index in [1.165, 1.54) is 37.3 Å². The molecule has 0 unspecified atom stereocenters. The predicted octanol–water partition coefficient (Wildman–Crippen LogP) is 4.60. The number of hydrogen-bond acceptors (Lipinski definition) is 6. The number of imide groups is 2. The molecular formula is C31H28ClFN2O6. The zero-order valence-corrected chi connectivity index (χ0v) is 23.4. The van der Waals surface area contributed by atoms with Crippen molar-refractivity contribution in [2.75, 3.05) is 19.1 Å². The van der Waals surface area contributed by atoms with Gasteiger partial charge in [0.15, 0.2) is 11.5 Å². The SMILES string of the molecule is COc1cc(C=C[C@H]2C3=CC[C@@H]4C(=O)N(C)C(=O)[C@@H]4[C@@H]3C[C@H]3C(=O)N(c4ccc(F)c(Cl)c4)C(=O)[C@@]23C)ccc1O. The number of anilines is 1. The Labute approximate surface area is 241 Å². The van der Waals surface area contributed by atoms with E-state index in [1.807, 2.05) is 12.2 Å². The van der Waals surface area contributed by atoms with Crippen LogP contribution in [-0.4, -0.2) is 47.8 Å². The maximum absolute atomic E-state index is 14.2. The van der Waals surface area contributed by atoms with E-state index in [0.717, 1.165) is 16.5 Å². The minimum Gasteiger partial charge on any atom is -0.504 e. The molecule has 4 amide bonds. The summed E-state index contributed by atoms with van der Waals surface area (Å²) >= 11 is 6.01. The second kappa shape index (κ2) is 9.55. The summed E-state index contributed by atoms with van der Waals surface area (Å²) in [7, 11) is 2.93. The molecule has 3 fully saturated rings. The molecule has 0 spiro atoms. The third-order valence-electron chi connectivity index (χ3n) is 9.41. The van der Waals surface area contributed by atoms with Crippen molar-refractivity contribution in [3.63, 3.8) is 0 Å². The Morgan fingerprint density at radius 1 is 1.07 bits per heavy atom. The van der Waals surface area contributed by atoms with Gasteiger partial charge in [0, 0.05) is 13.0 Å². The molecule has 4 aliphatic rings. The summed E-state index contributed by atoms with van der Waals surface area (Å²) in [5.74, 6) is -4.71. The van der Waals surface area contributed by atoms with Gasteiger partial charge < -0.3 is 9.84 Å². The lowest BCUT2D eigenvalue weighted by Gasteiger charge is -2.47. The van der Waals surface area contributed by atoms with Gasteiger partial charge in [-0.3, -0.25) is 24.1 Å². The minimum absolute atomic E-state index is 0.0193. The third-order valence-corrected chi connectivity index (χ3v) is 9.70. The number of ether oxygens (including phenoxy) is 1. The summed E-state index contributed by atoms with van der Waals surface area (Å²) in [5.41, 5.74) is 0.502. The molecule has 10 heteroatoms. The summed E-state index contributed by atoms with van der Waals surface area (Å²) in [6, 6.07) is 8.57. The van der Waals surface area contributed by atoms with Gasteiger partial charge in [-0.15, -0.1) is 0 Å². The van der Waals surface area contributed by atoms with Crippen LogP contribution in [0.3, 0.4) is 0 Å². The van der Waals surface area contributed by atoms with Crippen molar-refractivity contribution in [3.8, 4) is 11.5 Å². The van der Waals surface area contributed by atoms with E-state index in [9.17, 15) is 28.7 Å². The lowest BCUT2D eigenvalue weighted by molar-refractivity contribution is -0.139. The first-order valence-corrected chi connectivity index (χ1v) is 13.8. The van der Waals surface area contributed by atoms with Gasteiger partial charge in [0.05, 0.1) is 41.0 Å². The highest BCUT2D eigenvalue weighted by Gasteiger charge is 2.66. The highest BCUT2D eigenvalue weighted by Crippen LogP contribution is 2.61.